The number of benzene rings is 9. The zero-order valence-electron chi connectivity index (χ0n) is 34.5. The number of para-hydroxylation sites is 8. The summed E-state index contributed by atoms with van der Waals surface area (Å²) >= 11 is 0. The highest BCUT2D eigenvalue weighted by molar-refractivity contribution is 6.12. The van der Waals surface area contributed by atoms with Gasteiger partial charge in [-0.05, 0) is 66.7 Å². The lowest BCUT2D eigenvalue weighted by molar-refractivity contribution is 0.951. The van der Waals surface area contributed by atoms with E-state index < -0.39 is 0 Å². The molecule has 9 aromatic carbocycles. The van der Waals surface area contributed by atoms with E-state index in [4.69, 9.17) is 9.97 Å². The van der Waals surface area contributed by atoms with Crippen molar-refractivity contribution in [3.05, 3.63) is 218 Å². The SMILES string of the molecule is c1ccc2c(c1)c1ccccc1n2-c1cc(-c2cc(-n3c4ccccc4c4ccccc43)nc(-n3c4ccccc4c4ccccc43)n2)cc(-n2c3ccccc3c3ccccc32)c1. The zero-order chi connectivity index (χ0) is 41.9. The van der Waals surface area contributed by atoms with Crippen LogP contribution in [-0.2, 0) is 0 Å². The molecule has 0 aliphatic carbocycles. The van der Waals surface area contributed by atoms with Crippen molar-refractivity contribution in [3.63, 3.8) is 0 Å². The molecule has 0 saturated heterocycles. The predicted octanol–water partition coefficient (Wildman–Crippen LogP) is 14.5. The van der Waals surface area contributed by atoms with Crippen LogP contribution >= 0.6 is 0 Å². The number of aromatic nitrogens is 6. The molecule has 0 bridgehead atoms. The molecule has 298 valence electrons. The molecule has 6 nitrogen and oxygen atoms in total. The van der Waals surface area contributed by atoms with Gasteiger partial charge >= 0.3 is 0 Å². The Kier molecular flexibility index (Phi) is 7.30. The fraction of sp³-hybridized carbons (Fsp3) is 0. The minimum absolute atomic E-state index is 0.604. The highest BCUT2D eigenvalue weighted by Gasteiger charge is 2.22. The number of hydrogen-bond donors (Lipinski definition) is 0. The van der Waals surface area contributed by atoms with Crippen molar-refractivity contribution in [2.24, 2.45) is 0 Å². The molecule has 14 rings (SSSR count). The van der Waals surface area contributed by atoms with Gasteiger partial charge in [-0.3, -0.25) is 9.13 Å². The molecule has 6 heteroatoms. The van der Waals surface area contributed by atoms with Gasteiger partial charge in [-0.1, -0.05) is 146 Å². The van der Waals surface area contributed by atoms with Crippen LogP contribution in [0.3, 0.4) is 0 Å². The molecule has 64 heavy (non-hydrogen) atoms. The van der Waals surface area contributed by atoms with E-state index in [1.807, 2.05) is 0 Å². The van der Waals surface area contributed by atoms with Crippen LogP contribution in [0, 0.1) is 0 Å². The monoisotopic (exact) mass is 816 g/mol. The minimum Gasteiger partial charge on any atom is -0.309 e. The predicted molar refractivity (Wildman–Crippen MR) is 265 cm³/mol. The van der Waals surface area contributed by atoms with Gasteiger partial charge in [0.05, 0.1) is 49.8 Å². The fourth-order valence-electron chi connectivity index (χ4n) is 10.5. The summed E-state index contributed by atoms with van der Waals surface area (Å²) in [5.41, 5.74) is 12.8. The molecule has 0 aliphatic rings. The van der Waals surface area contributed by atoms with Gasteiger partial charge in [0.15, 0.2) is 0 Å². The average molecular weight is 817 g/mol. The highest BCUT2D eigenvalue weighted by Crippen LogP contribution is 2.40. The highest BCUT2D eigenvalue weighted by atomic mass is 15.2. The first kappa shape index (κ1) is 34.9. The van der Waals surface area contributed by atoms with Crippen molar-refractivity contribution in [3.8, 4) is 34.4 Å². The van der Waals surface area contributed by atoms with Gasteiger partial charge in [-0.2, -0.15) is 4.98 Å². The third kappa shape index (κ3) is 4.96. The van der Waals surface area contributed by atoms with Crippen molar-refractivity contribution in [1.29, 1.82) is 0 Å². The Bertz CT molecular complexity index is 3470. The van der Waals surface area contributed by atoms with Crippen LogP contribution in [0.5, 0.6) is 0 Å². The van der Waals surface area contributed by atoms with E-state index in [9.17, 15) is 0 Å². The summed E-state index contributed by atoms with van der Waals surface area (Å²) < 4.78 is 9.36. The molecule has 0 amide bonds. The van der Waals surface area contributed by atoms with E-state index in [0.717, 1.165) is 83.4 Å². The Balaban J connectivity index is 1.13. The summed E-state index contributed by atoms with van der Waals surface area (Å²) in [6, 6.07) is 78.4. The van der Waals surface area contributed by atoms with Gasteiger partial charge in [-0.15, -0.1) is 0 Å². The number of rotatable bonds is 5. The molecular formula is C58H36N6. The summed E-state index contributed by atoms with van der Waals surface area (Å²) in [5.74, 6) is 1.40. The maximum Gasteiger partial charge on any atom is 0.237 e. The lowest BCUT2D eigenvalue weighted by Crippen LogP contribution is -2.08. The quantitative estimate of drug-likeness (QED) is 0.174. The summed E-state index contributed by atoms with van der Waals surface area (Å²) in [6.45, 7) is 0. The van der Waals surface area contributed by atoms with Gasteiger partial charge in [-0.25, -0.2) is 4.98 Å². The van der Waals surface area contributed by atoms with Gasteiger partial charge in [0.25, 0.3) is 0 Å². The number of hydrogen-bond acceptors (Lipinski definition) is 2. The lowest BCUT2D eigenvalue weighted by atomic mass is 10.1. The summed E-state index contributed by atoms with van der Waals surface area (Å²) in [6.07, 6.45) is 0. The Morgan fingerprint density at radius 1 is 0.250 bits per heavy atom. The molecule has 14 aromatic rings. The van der Waals surface area contributed by atoms with Gasteiger partial charge in [0, 0.05) is 66.1 Å². The second-order valence-corrected chi connectivity index (χ2v) is 16.6. The maximum atomic E-state index is 5.63. The van der Waals surface area contributed by atoms with E-state index >= 15 is 0 Å². The maximum absolute atomic E-state index is 5.63. The second kappa shape index (κ2) is 13.4. The molecule has 0 unspecified atom stereocenters. The molecule has 0 saturated carbocycles. The standard InChI is InChI=1S/C58H36N6/c1-9-25-49-40(17-1)41-18-2-10-26-50(41)61(49)38-33-37(34-39(35-38)62-51-27-11-3-19-42(51)43-20-4-12-28-52(43)62)48-36-57(63-53-29-13-5-21-44(53)45-22-6-14-30-54(45)63)60-58(59-48)64-55-31-15-7-23-46(55)47-24-8-16-32-56(47)64/h1-36H. The Labute approximate surface area is 366 Å². The zero-order valence-corrected chi connectivity index (χ0v) is 34.5. The van der Waals surface area contributed by atoms with Crippen molar-refractivity contribution in [1.82, 2.24) is 28.2 Å². The van der Waals surface area contributed by atoms with E-state index in [-0.39, 0.29) is 0 Å². The molecule has 5 heterocycles. The van der Waals surface area contributed by atoms with Crippen molar-refractivity contribution in [2.75, 3.05) is 0 Å². The molecule has 0 aliphatic heterocycles. The Morgan fingerprint density at radius 3 is 0.859 bits per heavy atom. The van der Waals surface area contributed by atoms with Gasteiger partial charge in [0.2, 0.25) is 5.95 Å². The fourth-order valence-corrected chi connectivity index (χ4v) is 10.5. The third-order valence-electron chi connectivity index (χ3n) is 13.2. The minimum atomic E-state index is 0.604. The Hall–Kier alpha value is -8.74. The molecule has 0 spiro atoms. The number of fused-ring (bicyclic) bond motifs is 12. The second-order valence-electron chi connectivity index (χ2n) is 16.6. The van der Waals surface area contributed by atoms with E-state index in [0.29, 0.717) is 5.95 Å². The molecule has 5 aromatic heterocycles. The van der Waals surface area contributed by atoms with Crippen LogP contribution in [0.15, 0.2) is 218 Å². The first-order valence-corrected chi connectivity index (χ1v) is 21.8. The topological polar surface area (TPSA) is 45.5 Å². The summed E-state index contributed by atoms with van der Waals surface area (Å²) in [4.78, 5) is 11.2. The van der Waals surface area contributed by atoms with Crippen molar-refractivity contribution >= 4 is 87.2 Å². The van der Waals surface area contributed by atoms with Crippen LogP contribution < -0.4 is 0 Å². The van der Waals surface area contributed by atoms with E-state index in [2.05, 4.69) is 237 Å². The molecule has 0 fully saturated rings. The molecular weight excluding hydrogens is 781 g/mol. The van der Waals surface area contributed by atoms with Gasteiger partial charge < -0.3 is 9.13 Å². The smallest absolute Gasteiger partial charge is 0.237 e. The van der Waals surface area contributed by atoms with E-state index in [1.165, 1.54) is 32.3 Å². The normalized spacial score (nSPS) is 12.1. The van der Waals surface area contributed by atoms with Crippen molar-refractivity contribution < 1.29 is 0 Å². The van der Waals surface area contributed by atoms with Crippen LogP contribution in [0.25, 0.3) is 122 Å². The summed E-state index contributed by atoms with van der Waals surface area (Å²) in [7, 11) is 0. The molecule has 0 radical (unpaired) electrons. The van der Waals surface area contributed by atoms with Crippen molar-refractivity contribution in [2.45, 2.75) is 0 Å². The van der Waals surface area contributed by atoms with E-state index in [1.54, 1.807) is 0 Å². The Morgan fingerprint density at radius 2 is 0.531 bits per heavy atom. The van der Waals surface area contributed by atoms with Gasteiger partial charge in [0.1, 0.15) is 5.82 Å². The van der Waals surface area contributed by atoms with Crippen LogP contribution in [0.2, 0.25) is 0 Å². The van der Waals surface area contributed by atoms with Crippen LogP contribution in [0.1, 0.15) is 0 Å². The molecule has 0 atom stereocenters. The first-order valence-electron chi connectivity index (χ1n) is 21.8. The summed E-state index contributed by atoms with van der Waals surface area (Å²) in [5, 5.41) is 9.53. The lowest BCUT2D eigenvalue weighted by Gasteiger charge is -2.17. The number of nitrogens with zero attached hydrogens (tertiary/aromatic N) is 6. The first-order chi connectivity index (χ1) is 31.8. The van der Waals surface area contributed by atoms with Crippen LogP contribution in [-0.4, -0.2) is 28.2 Å². The largest absolute Gasteiger partial charge is 0.309 e. The molecule has 0 N–H and O–H groups in total. The van der Waals surface area contributed by atoms with Crippen LogP contribution in [0.4, 0.5) is 0 Å². The average Bonchev–Trinajstić information content (AvgIpc) is 4.09. The third-order valence-corrected chi connectivity index (χ3v) is 13.2.